The molecule has 0 spiro atoms. The highest BCUT2D eigenvalue weighted by molar-refractivity contribution is 5.81. The third-order valence-corrected chi connectivity index (χ3v) is 1.27. The summed E-state index contributed by atoms with van der Waals surface area (Å²) in [4.78, 5) is 12.7. The summed E-state index contributed by atoms with van der Waals surface area (Å²) in [5.74, 6) is -0.0481. The molecule has 0 aromatic heterocycles. The third kappa shape index (κ3) is 3.78. The van der Waals surface area contributed by atoms with Gasteiger partial charge in [-0.3, -0.25) is 4.79 Å². The number of rotatable bonds is 3. The van der Waals surface area contributed by atoms with E-state index in [0.29, 0.717) is 6.54 Å². The van der Waals surface area contributed by atoms with E-state index < -0.39 is 6.04 Å². The molecule has 0 aromatic carbocycles. The Kier molecular flexibility index (Phi) is 3.82. The standard InChI is InChI=1S/C8H16N2O/c1-6(2)5-10(4)8(11)7(3)9/h7H,1,5,9H2,2-4H3/t7-/m0/s1. The van der Waals surface area contributed by atoms with Crippen LogP contribution < -0.4 is 5.73 Å². The second-order valence-corrected chi connectivity index (χ2v) is 2.94. The van der Waals surface area contributed by atoms with E-state index in [1.165, 1.54) is 0 Å². The van der Waals surface area contributed by atoms with Gasteiger partial charge in [0.05, 0.1) is 6.04 Å². The van der Waals surface area contributed by atoms with Crippen LogP contribution in [0.3, 0.4) is 0 Å². The van der Waals surface area contributed by atoms with Gasteiger partial charge in [-0.1, -0.05) is 12.2 Å². The van der Waals surface area contributed by atoms with Crippen LogP contribution in [0.1, 0.15) is 13.8 Å². The zero-order chi connectivity index (χ0) is 9.02. The van der Waals surface area contributed by atoms with Gasteiger partial charge in [0.1, 0.15) is 0 Å². The van der Waals surface area contributed by atoms with Crippen molar-refractivity contribution in [3.05, 3.63) is 12.2 Å². The van der Waals surface area contributed by atoms with E-state index in [-0.39, 0.29) is 5.91 Å². The van der Waals surface area contributed by atoms with Crippen molar-refractivity contribution in [2.45, 2.75) is 19.9 Å². The Morgan fingerprint density at radius 1 is 1.73 bits per heavy atom. The number of nitrogens with two attached hydrogens (primary N) is 1. The Bertz CT molecular complexity index is 163. The number of nitrogens with zero attached hydrogens (tertiary/aromatic N) is 1. The molecule has 1 atom stereocenters. The Hall–Kier alpha value is -0.830. The normalized spacial score (nSPS) is 12.4. The number of likely N-dealkylation sites (N-methyl/N-ethyl adjacent to an activating group) is 1. The van der Waals surface area contributed by atoms with Crippen LogP contribution in [0.4, 0.5) is 0 Å². The topological polar surface area (TPSA) is 46.3 Å². The molecule has 3 nitrogen and oxygen atoms in total. The summed E-state index contributed by atoms with van der Waals surface area (Å²) < 4.78 is 0. The second kappa shape index (κ2) is 4.13. The Labute approximate surface area is 67.9 Å². The quantitative estimate of drug-likeness (QED) is 0.600. The minimum atomic E-state index is -0.417. The maximum Gasteiger partial charge on any atom is 0.239 e. The smallest absolute Gasteiger partial charge is 0.239 e. The molecular weight excluding hydrogens is 140 g/mol. The van der Waals surface area contributed by atoms with Gasteiger partial charge in [0.25, 0.3) is 0 Å². The van der Waals surface area contributed by atoms with E-state index in [2.05, 4.69) is 6.58 Å². The summed E-state index contributed by atoms with van der Waals surface area (Å²) in [6, 6.07) is -0.417. The molecule has 64 valence electrons. The zero-order valence-electron chi connectivity index (χ0n) is 7.42. The van der Waals surface area contributed by atoms with E-state index >= 15 is 0 Å². The summed E-state index contributed by atoms with van der Waals surface area (Å²) >= 11 is 0. The van der Waals surface area contributed by atoms with Crippen molar-refractivity contribution in [1.29, 1.82) is 0 Å². The van der Waals surface area contributed by atoms with E-state index in [4.69, 9.17) is 5.73 Å². The summed E-state index contributed by atoms with van der Waals surface area (Å²) in [5.41, 5.74) is 6.35. The van der Waals surface area contributed by atoms with Gasteiger partial charge < -0.3 is 10.6 Å². The van der Waals surface area contributed by atoms with E-state index in [1.807, 2.05) is 6.92 Å². The van der Waals surface area contributed by atoms with Gasteiger partial charge in [0.15, 0.2) is 0 Å². The number of hydrogen-bond donors (Lipinski definition) is 1. The maximum absolute atomic E-state index is 11.1. The van der Waals surface area contributed by atoms with Crippen molar-refractivity contribution in [2.24, 2.45) is 5.73 Å². The average Bonchev–Trinajstić information content (AvgIpc) is 1.84. The largest absolute Gasteiger partial charge is 0.340 e. The van der Waals surface area contributed by atoms with Gasteiger partial charge in [-0.2, -0.15) is 0 Å². The molecule has 0 radical (unpaired) electrons. The summed E-state index contributed by atoms with van der Waals surface area (Å²) in [5, 5.41) is 0. The van der Waals surface area contributed by atoms with Crippen molar-refractivity contribution in [3.8, 4) is 0 Å². The first-order valence-corrected chi connectivity index (χ1v) is 3.60. The fourth-order valence-electron chi connectivity index (χ4n) is 0.830. The number of amides is 1. The number of carbonyl (C=O) groups is 1. The van der Waals surface area contributed by atoms with Crippen LogP contribution in [0, 0.1) is 0 Å². The zero-order valence-corrected chi connectivity index (χ0v) is 7.42. The average molecular weight is 156 g/mol. The predicted octanol–water partition coefficient (Wildman–Crippen LogP) is 0.368. The highest BCUT2D eigenvalue weighted by Gasteiger charge is 2.12. The SMILES string of the molecule is C=C(C)CN(C)C(=O)[C@H](C)N. The molecule has 11 heavy (non-hydrogen) atoms. The predicted molar refractivity (Wildman–Crippen MR) is 46.1 cm³/mol. The molecule has 0 aliphatic rings. The molecular formula is C8H16N2O. The van der Waals surface area contributed by atoms with Crippen molar-refractivity contribution >= 4 is 5.91 Å². The molecule has 0 fully saturated rings. The van der Waals surface area contributed by atoms with Crippen LogP contribution in [0.15, 0.2) is 12.2 Å². The molecule has 0 aliphatic carbocycles. The first-order valence-electron chi connectivity index (χ1n) is 3.60. The minimum Gasteiger partial charge on any atom is -0.340 e. The van der Waals surface area contributed by atoms with Crippen molar-refractivity contribution in [1.82, 2.24) is 4.90 Å². The highest BCUT2D eigenvalue weighted by Crippen LogP contribution is 1.94. The lowest BCUT2D eigenvalue weighted by Gasteiger charge is -2.18. The van der Waals surface area contributed by atoms with Crippen molar-refractivity contribution < 1.29 is 4.79 Å². The molecule has 0 unspecified atom stereocenters. The van der Waals surface area contributed by atoms with Crippen LogP contribution in [0.25, 0.3) is 0 Å². The molecule has 0 rings (SSSR count). The lowest BCUT2D eigenvalue weighted by atomic mass is 10.3. The Morgan fingerprint density at radius 3 is 2.45 bits per heavy atom. The van der Waals surface area contributed by atoms with Crippen LogP contribution >= 0.6 is 0 Å². The molecule has 2 N–H and O–H groups in total. The molecule has 1 amide bonds. The van der Waals surface area contributed by atoms with Crippen molar-refractivity contribution in [3.63, 3.8) is 0 Å². The number of hydrogen-bond acceptors (Lipinski definition) is 2. The van der Waals surface area contributed by atoms with Crippen LogP contribution in [0.5, 0.6) is 0 Å². The lowest BCUT2D eigenvalue weighted by Crippen LogP contribution is -2.40. The Balaban J connectivity index is 3.93. The summed E-state index contributed by atoms with van der Waals surface area (Å²) in [6.07, 6.45) is 0. The summed E-state index contributed by atoms with van der Waals surface area (Å²) in [6.45, 7) is 7.84. The molecule has 0 aromatic rings. The third-order valence-electron chi connectivity index (χ3n) is 1.27. The lowest BCUT2D eigenvalue weighted by molar-refractivity contribution is -0.130. The van der Waals surface area contributed by atoms with Crippen LogP contribution in [-0.2, 0) is 4.79 Å². The van der Waals surface area contributed by atoms with Crippen LogP contribution in [-0.4, -0.2) is 30.4 Å². The number of carbonyl (C=O) groups excluding carboxylic acids is 1. The van der Waals surface area contributed by atoms with Crippen molar-refractivity contribution in [2.75, 3.05) is 13.6 Å². The van der Waals surface area contributed by atoms with Gasteiger partial charge in [-0.25, -0.2) is 0 Å². The van der Waals surface area contributed by atoms with Gasteiger partial charge >= 0.3 is 0 Å². The second-order valence-electron chi connectivity index (χ2n) is 2.94. The van der Waals surface area contributed by atoms with Gasteiger partial charge in [-0.05, 0) is 13.8 Å². The van der Waals surface area contributed by atoms with E-state index in [9.17, 15) is 4.79 Å². The first-order chi connectivity index (χ1) is 4.95. The van der Waals surface area contributed by atoms with Crippen LogP contribution in [0.2, 0.25) is 0 Å². The molecule has 0 bridgehead atoms. The Morgan fingerprint density at radius 2 is 2.18 bits per heavy atom. The van der Waals surface area contributed by atoms with Gasteiger partial charge in [0, 0.05) is 13.6 Å². The highest BCUT2D eigenvalue weighted by atomic mass is 16.2. The van der Waals surface area contributed by atoms with Gasteiger partial charge in [0.2, 0.25) is 5.91 Å². The molecule has 3 heteroatoms. The molecule has 0 aliphatic heterocycles. The maximum atomic E-state index is 11.1. The molecule has 0 saturated heterocycles. The van der Waals surface area contributed by atoms with E-state index in [0.717, 1.165) is 5.57 Å². The monoisotopic (exact) mass is 156 g/mol. The fraction of sp³-hybridized carbons (Fsp3) is 0.625. The molecule has 0 saturated carbocycles. The summed E-state index contributed by atoms with van der Waals surface area (Å²) in [7, 11) is 1.72. The first kappa shape index (κ1) is 10.2. The van der Waals surface area contributed by atoms with E-state index in [1.54, 1.807) is 18.9 Å². The minimum absolute atomic E-state index is 0.0481. The molecule has 0 heterocycles. The fourth-order valence-corrected chi connectivity index (χ4v) is 0.830. The van der Waals surface area contributed by atoms with Gasteiger partial charge in [-0.15, -0.1) is 0 Å².